The van der Waals surface area contributed by atoms with Crippen LogP contribution in [0.5, 0.6) is 11.5 Å². The number of rotatable bonds is 7. The maximum atomic E-state index is 12.1. The molecular weight excluding hydrogens is 354 g/mol. The number of hydrogen-bond donors (Lipinski definition) is 1. The van der Waals surface area contributed by atoms with Crippen molar-refractivity contribution < 1.29 is 19.0 Å². The lowest BCUT2D eigenvalue weighted by Gasteiger charge is -2.18. The first-order chi connectivity index (χ1) is 13.7. The first-order valence-electron chi connectivity index (χ1n) is 10.1. The predicted octanol–water partition coefficient (Wildman–Crippen LogP) is 5.64. The highest BCUT2D eigenvalue weighted by Crippen LogP contribution is 2.37. The van der Waals surface area contributed by atoms with E-state index in [0.29, 0.717) is 12.5 Å². The normalized spacial score (nSPS) is 16.6. The third-order valence-corrected chi connectivity index (χ3v) is 5.38. The van der Waals surface area contributed by atoms with E-state index in [1.54, 1.807) is 7.11 Å². The number of carbonyl (C=O) groups is 1. The largest absolute Gasteiger partial charge is 0.493 e. The topological polar surface area (TPSA) is 56.8 Å². The minimum Gasteiger partial charge on any atom is -0.493 e. The molecule has 28 heavy (non-hydrogen) atoms. The molecule has 0 aromatic heterocycles. The number of hydrogen-bond acceptors (Lipinski definition) is 4. The van der Waals surface area contributed by atoms with Gasteiger partial charge >= 0.3 is 6.09 Å². The monoisotopic (exact) mass is 381 g/mol. The molecule has 0 radical (unpaired) electrons. The van der Waals surface area contributed by atoms with Crippen molar-refractivity contribution in [3.8, 4) is 22.6 Å². The zero-order valence-electron chi connectivity index (χ0n) is 16.3. The predicted molar refractivity (Wildman–Crippen MR) is 109 cm³/mol. The maximum absolute atomic E-state index is 12.1. The van der Waals surface area contributed by atoms with Crippen LogP contribution in [0.3, 0.4) is 0 Å². The van der Waals surface area contributed by atoms with Crippen molar-refractivity contribution >= 4 is 11.8 Å². The molecule has 2 aromatic carbocycles. The number of ether oxygens (including phenoxy) is 3. The van der Waals surface area contributed by atoms with E-state index < -0.39 is 6.09 Å². The second kappa shape index (κ2) is 8.55. The molecule has 0 aliphatic heterocycles. The lowest BCUT2D eigenvalue weighted by atomic mass is 10.0. The highest BCUT2D eigenvalue weighted by Gasteiger charge is 2.23. The third kappa shape index (κ3) is 4.58. The number of para-hydroxylation sites is 1. The maximum Gasteiger partial charge on any atom is 0.411 e. The molecule has 2 fully saturated rings. The van der Waals surface area contributed by atoms with Crippen LogP contribution in [0.25, 0.3) is 11.1 Å². The van der Waals surface area contributed by atoms with E-state index in [-0.39, 0.29) is 6.10 Å². The van der Waals surface area contributed by atoms with Gasteiger partial charge in [0.2, 0.25) is 0 Å². The van der Waals surface area contributed by atoms with Gasteiger partial charge in [-0.3, -0.25) is 5.32 Å². The average molecular weight is 381 g/mol. The summed E-state index contributed by atoms with van der Waals surface area (Å²) in [5.74, 6) is 2.01. The Morgan fingerprint density at radius 2 is 1.82 bits per heavy atom. The van der Waals surface area contributed by atoms with Crippen LogP contribution in [0.2, 0.25) is 0 Å². The minimum absolute atomic E-state index is 0.245. The molecule has 0 bridgehead atoms. The molecule has 2 aliphatic carbocycles. The van der Waals surface area contributed by atoms with Crippen molar-refractivity contribution in [3.63, 3.8) is 0 Å². The molecule has 1 amide bonds. The van der Waals surface area contributed by atoms with Gasteiger partial charge in [-0.25, -0.2) is 4.79 Å². The molecule has 4 rings (SSSR count). The Kier molecular flexibility index (Phi) is 5.70. The van der Waals surface area contributed by atoms with E-state index in [4.69, 9.17) is 14.2 Å². The van der Waals surface area contributed by atoms with Gasteiger partial charge in [-0.05, 0) is 68.2 Å². The number of benzene rings is 2. The van der Waals surface area contributed by atoms with Gasteiger partial charge in [-0.1, -0.05) is 24.3 Å². The molecule has 0 unspecified atom stereocenters. The summed E-state index contributed by atoms with van der Waals surface area (Å²) < 4.78 is 17.0. The van der Waals surface area contributed by atoms with Crippen molar-refractivity contribution in [3.05, 3.63) is 42.5 Å². The van der Waals surface area contributed by atoms with Gasteiger partial charge in [0.1, 0.15) is 0 Å². The van der Waals surface area contributed by atoms with Crippen LogP contribution >= 0.6 is 0 Å². The van der Waals surface area contributed by atoms with Crippen molar-refractivity contribution in [2.24, 2.45) is 5.92 Å². The Balaban J connectivity index is 1.54. The van der Waals surface area contributed by atoms with Crippen LogP contribution in [-0.4, -0.2) is 25.9 Å². The van der Waals surface area contributed by atoms with Crippen molar-refractivity contribution in [2.75, 3.05) is 19.0 Å². The molecule has 0 spiro atoms. The van der Waals surface area contributed by atoms with Gasteiger partial charge in [0.05, 0.1) is 25.5 Å². The van der Waals surface area contributed by atoms with Crippen LogP contribution in [0, 0.1) is 5.92 Å². The smallest absolute Gasteiger partial charge is 0.411 e. The zero-order valence-corrected chi connectivity index (χ0v) is 16.3. The fourth-order valence-electron chi connectivity index (χ4n) is 3.59. The van der Waals surface area contributed by atoms with Crippen LogP contribution in [0.15, 0.2) is 42.5 Å². The van der Waals surface area contributed by atoms with Gasteiger partial charge in [0, 0.05) is 5.56 Å². The van der Waals surface area contributed by atoms with Gasteiger partial charge in [-0.15, -0.1) is 0 Å². The first kappa shape index (κ1) is 18.7. The molecule has 0 atom stereocenters. The molecule has 2 aromatic rings. The van der Waals surface area contributed by atoms with E-state index in [1.807, 2.05) is 42.5 Å². The first-order valence-corrected chi connectivity index (χ1v) is 10.1. The minimum atomic E-state index is -0.407. The average Bonchev–Trinajstić information content (AvgIpc) is 3.41. The number of nitrogens with one attached hydrogen (secondary N) is 1. The molecule has 1 N–H and O–H groups in total. The zero-order chi connectivity index (χ0) is 19.3. The summed E-state index contributed by atoms with van der Waals surface area (Å²) in [5, 5.41) is 2.88. The number of carbonyl (C=O) groups excluding carboxylic acids is 1. The summed E-state index contributed by atoms with van der Waals surface area (Å²) in [6.07, 6.45) is 6.73. The summed E-state index contributed by atoms with van der Waals surface area (Å²) in [4.78, 5) is 12.1. The quantitative estimate of drug-likeness (QED) is 0.674. The summed E-state index contributed by atoms with van der Waals surface area (Å²) in [7, 11) is 1.65. The summed E-state index contributed by atoms with van der Waals surface area (Å²) in [6, 6.07) is 13.6. The Hall–Kier alpha value is -2.69. The molecule has 2 saturated carbocycles. The lowest BCUT2D eigenvalue weighted by Crippen LogP contribution is -2.15. The van der Waals surface area contributed by atoms with Crippen LogP contribution < -0.4 is 14.8 Å². The van der Waals surface area contributed by atoms with Gasteiger partial charge in [0.25, 0.3) is 0 Å². The van der Waals surface area contributed by atoms with Crippen molar-refractivity contribution in [1.29, 1.82) is 0 Å². The van der Waals surface area contributed by atoms with E-state index in [2.05, 4.69) is 5.32 Å². The highest BCUT2D eigenvalue weighted by atomic mass is 16.5. The van der Waals surface area contributed by atoms with Crippen molar-refractivity contribution in [2.45, 2.75) is 44.6 Å². The van der Waals surface area contributed by atoms with Gasteiger partial charge in [0.15, 0.2) is 11.5 Å². The molecule has 5 heteroatoms. The molecule has 2 aliphatic rings. The van der Waals surface area contributed by atoms with Gasteiger partial charge in [-0.2, -0.15) is 0 Å². The molecular formula is C23H27NO4. The van der Waals surface area contributed by atoms with Gasteiger partial charge < -0.3 is 14.2 Å². The Labute approximate surface area is 166 Å². The summed E-state index contributed by atoms with van der Waals surface area (Å²) in [5.41, 5.74) is 2.61. The molecule has 5 nitrogen and oxygen atoms in total. The summed E-state index contributed by atoms with van der Waals surface area (Å²) >= 11 is 0. The SMILES string of the molecule is COc1ccc(-c2ccccc2NC(=O)OCC2CC2)cc1OC1CCCC1. The second-order valence-corrected chi connectivity index (χ2v) is 7.60. The Bertz CT molecular complexity index is 825. The van der Waals surface area contributed by atoms with Crippen LogP contribution in [0.4, 0.5) is 10.5 Å². The highest BCUT2D eigenvalue weighted by molar-refractivity contribution is 5.91. The van der Waals surface area contributed by atoms with Crippen molar-refractivity contribution in [1.82, 2.24) is 0 Å². The number of anilines is 1. The lowest BCUT2D eigenvalue weighted by molar-refractivity contribution is 0.156. The Morgan fingerprint density at radius 1 is 1.04 bits per heavy atom. The Morgan fingerprint density at radius 3 is 2.57 bits per heavy atom. The van der Waals surface area contributed by atoms with Crippen LogP contribution in [-0.2, 0) is 4.74 Å². The number of amides is 1. The third-order valence-electron chi connectivity index (χ3n) is 5.38. The van der Waals surface area contributed by atoms with E-state index >= 15 is 0 Å². The fourth-order valence-corrected chi connectivity index (χ4v) is 3.59. The van der Waals surface area contributed by atoms with E-state index in [9.17, 15) is 4.79 Å². The molecule has 0 heterocycles. The number of methoxy groups -OCH3 is 1. The van der Waals surface area contributed by atoms with E-state index in [0.717, 1.165) is 54.0 Å². The second-order valence-electron chi connectivity index (χ2n) is 7.60. The molecule has 0 saturated heterocycles. The fraction of sp³-hybridized carbons (Fsp3) is 0.435. The molecule has 148 valence electrons. The summed E-state index contributed by atoms with van der Waals surface area (Å²) in [6.45, 7) is 0.496. The standard InChI is InChI=1S/C23H27NO4/c1-26-21-13-12-17(14-22(21)28-18-6-2-3-7-18)19-8-4-5-9-20(19)24-23(25)27-15-16-10-11-16/h4-5,8-9,12-14,16,18H,2-3,6-7,10-11,15H2,1H3,(H,24,25). The van der Waals surface area contributed by atoms with E-state index in [1.165, 1.54) is 12.8 Å². The van der Waals surface area contributed by atoms with Crippen LogP contribution in [0.1, 0.15) is 38.5 Å².